The SMILES string of the molecule is CC(C)(C)c1cc(Br)c(C#C[Si](C)(C)C)c(C#C[Si](C)(C)C)c1. The standard InChI is InChI=1S/C20H29BrSi2/c1-20(2,3)17-14-16(10-12-22(4,5)6)18(19(21)15-17)11-13-23(7,8)9/h14-15H,1-9H3. The molecule has 0 aliphatic heterocycles. The first-order valence-electron chi connectivity index (χ1n) is 8.09. The molecule has 0 nitrogen and oxygen atoms in total. The molecule has 0 amide bonds. The molecule has 0 aliphatic rings. The number of rotatable bonds is 0. The van der Waals surface area contributed by atoms with Crippen LogP contribution in [-0.4, -0.2) is 16.1 Å². The molecule has 0 heterocycles. The zero-order valence-electron chi connectivity index (χ0n) is 16.0. The third-order valence-corrected chi connectivity index (χ3v) is 5.47. The summed E-state index contributed by atoms with van der Waals surface area (Å²) in [5, 5.41) is 0. The van der Waals surface area contributed by atoms with Crippen molar-refractivity contribution in [1.29, 1.82) is 0 Å². The van der Waals surface area contributed by atoms with E-state index in [0.717, 1.165) is 15.6 Å². The van der Waals surface area contributed by atoms with E-state index in [-0.39, 0.29) is 5.41 Å². The van der Waals surface area contributed by atoms with Crippen LogP contribution in [0.3, 0.4) is 0 Å². The van der Waals surface area contributed by atoms with Gasteiger partial charge in [-0.1, -0.05) is 71.9 Å². The molecule has 0 spiro atoms. The first-order valence-corrected chi connectivity index (χ1v) is 15.9. The van der Waals surface area contributed by atoms with Crippen LogP contribution < -0.4 is 0 Å². The van der Waals surface area contributed by atoms with E-state index in [1.165, 1.54) is 5.56 Å². The Morgan fingerprint density at radius 1 is 0.826 bits per heavy atom. The van der Waals surface area contributed by atoms with Gasteiger partial charge in [-0.3, -0.25) is 0 Å². The molecule has 0 N–H and O–H groups in total. The van der Waals surface area contributed by atoms with Crippen molar-refractivity contribution < 1.29 is 0 Å². The Morgan fingerprint density at radius 3 is 1.74 bits per heavy atom. The topological polar surface area (TPSA) is 0 Å². The second-order valence-electron chi connectivity index (χ2n) is 9.13. The molecule has 0 saturated heterocycles. The maximum Gasteiger partial charge on any atom is 0.129 e. The van der Waals surface area contributed by atoms with Crippen molar-refractivity contribution in [3.05, 3.63) is 33.3 Å². The van der Waals surface area contributed by atoms with Gasteiger partial charge in [0.15, 0.2) is 0 Å². The van der Waals surface area contributed by atoms with E-state index in [1.54, 1.807) is 0 Å². The highest BCUT2D eigenvalue weighted by molar-refractivity contribution is 9.10. The summed E-state index contributed by atoms with van der Waals surface area (Å²) < 4.78 is 1.07. The van der Waals surface area contributed by atoms with Crippen molar-refractivity contribution in [2.45, 2.75) is 65.5 Å². The Morgan fingerprint density at radius 2 is 1.30 bits per heavy atom. The summed E-state index contributed by atoms with van der Waals surface area (Å²) >= 11 is 3.74. The van der Waals surface area contributed by atoms with Crippen LogP contribution in [-0.2, 0) is 5.41 Å². The normalized spacial score (nSPS) is 12.1. The second kappa shape index (κ2) is 7.02. The molecule has 23 heavy (non-hydrogen) atoms. The van der Waals surface area contributed by atoms with Gasteiger partial charge in [-0.2, -0.15) is 0 Å². The van der Waals surface area contributed by atoms with Gasteiger partial charge in [0.1, 0.15) is 16.1 Å². The van der Waals surface area contributed by atoms with Crippen LogP contribution in [0.5, 0.6) is 0 Å². The number of benzene rings is 1. The van der Waals surface area contributed by atoms with Crippen molar-refractivity contribution in [3.8, 4) is 22.9 Å². The molecule has 0 unspecified atom stereocenters. The van der Waals surface area contributed by atoms with Crippen LogP contribution in [0.1, 0.15) is 37.5 Å². The van der Waals surface area contributed by atoms with Crippen LogP contribution in [0, 0.1) is 22.9 Å². The van der Waals surface area contributed by atoms with E-state index >= 15 is 0 Å². The maximum absolute atomic E-state index is 3.74. The van der Waals surface area contributed by atoms with Gasteiger partial charge in [0, 0.05) is 10.0 Å². The fourth-order valence-electron chi connectivity index (χ4n) is 1.77. The van der Waals surface area contributed by atoms with E-state index in [9.17, 15) is 0 Å². The van der Waals surface area contributed by atoms with Crippen molar-refractivity contribution in [3.63, 3.8) is 0 Å². The largest absolute Gasteiger partial charge is 0.129 e. The Balaban J connectivity index is 3.60. The van der Waals surface area contributed by atoms with E-state index in [0.29, 0.717) is 0 Å². The molecule has 124 valence electrons. The predicted octanol–water partition coefficient (Wildman–Crippen LogP) is 6.20. The number of hydrogen-bond acceptors (Lipinski definition) is 0. The fraction of sp³-hybridized carbons (Fsp3) is 0.500. The molecule has 0 fully saturated rings. The summed E-state index contributed by atoms with van der Waals surface area (Å²) in [6.07, 6.45) is 0. The molecule has 0 radical (unpaired) electrons. The first kappa shape index (κ1) is 20.3. The molecule has 0 aromatic heterocycles. The molecule has 1 rings (SSSR count). The maximum atomic E-state index is 3.74. The minimum Gasteiger partial charge on any atom is -0.127 e. The summed E-state index contributed by atoms with van der Waals surface area (Å²) in [6, 6.07) is 4.43. The molecule has 0 bridgehead atoms. The molecule has 0 aliphatic carbocycles. The van der Waals surface area contributed by atoms with Crippen LogP contribution in [0.25, 0.3) is 0 Å². The highest BCUT2D eigenvalue weighted by Gasteiger charge is 2.18. The van der Waals surface area contributed by atoms with E-state index in [1.807, 2.05) is 0 Å². The summed E-state index contributed by atoms with van der Waals surface area (Å²) in [6.45, 7) is 20.3. The predicted molar refractivity (Wildman–Crippen MR) is 113 cm³/mol. The number of hydrogen-bond donors (Lipinski definition) is 0. The third kappa shape index (κ3) is 7.13. The molecular formula is C20H29BrSi2. The molecular weight excluding hydrogens is 376 g/mol. The summed E-state index contributed by atoms with van der Waals surface area (Å²) in [5.41, 5.74) is 10.5. The molecule has 1 aromatic carbocycles. The lowest BCUT2D eigenvalue weighted by atomic mass is 9.85. The van der Waals surface area contributed by atoms with Gasteiger partial charge in [-0.05, 0) is 39.0 Å². The lowest BCUT2D eigenvalue weighted by Crippen LogP contribution is -2.17. The Labute approximate surface area is 153 Å². The summed E-state index contributed by atoms with van der Waals surface area (Å²) in [5.74, 6) is 6.85. The molecule has 0 saturated carbocycles. The zero-order chi connectivity index (χ0) is 18.1. The van der Waals surface area contributed by atoms with Gasteiger partial charge >= 0.3 is 0 Å². The summed E-state index contributed by atoms with van der Waals surface area (Å²) in [4.78, 5) is 0. The lowest BCUT2D eigenvalue weighted by Gasteiger charge is -2.20. The van der Waals surface area contributed by atoms with Crippen LogP contribution >= 0.6 is 15.9 Å². The van der Waals surface area contributed by atoms with E-state index in [4.69, 9.17) is 0 Å². The van der Waals surface area contributed by atoms with Crippen molar-refractivity contribution in [1.82, 2.24) is 0 Å². The smallest absolute Gasteiger partial charge is 0.127 e. The van der Waals surface area contributed by atoms with Crippen LogP contribution in [0.4, 0.5) is 0 Å². The highest BCUT2D eigenvalue weighted by Crippen LogP contribution is 2.29. The monoisotopic (exact) mass is 404 g/mol. The van der Waals surface area contributed by atoms with Gasteiger partial charge < -0.3 is 0 Å². The average molecular weight is 406 g/mol. The molecule has 1 aromatic rings. The Hall–Kier alpha value is -0.746. The number of halogens is 1. The minimum absolute atomic E-state index is 0.100. The van der Waals surface area contributed by atoms with Crippen molar-refractivity contribution >= 4 is 32.1 Å². The van der Waals surface area contributed by atoms with Gasteiger partial charge in [0.05, 0.1) is 5.56 Å². The molecule has 0 atom stereocenters. The fourth-order valence-corrected chi connectivity index (χ4v) is 3.34. The zero-order valence-corrected chi connectivity index (χ0v) is 19.6. The third-order valence-electron chi connectivity index (χ3n) is 3.09. The van der Waals surface area contributed by atoms with Gasteiger partial charge in [0.25, 0.3) is 0 Å². The Kier molecular flexibility index (Phi) is 6.19. The van der Waals surface area contributed by atoms with Gasteiger partial charge in [-0.15, -0.1) is 11.1 Å². The second-order valence-corrected chi connectivity index (χ2v) is 19.5. The minimum atomic E-state index is -1.42. The van der Waals surface area contributed by atoms with Crippen molar-refractivity contribution in [2.75, 3.05) is 0 Å². The average Bonchev–Trinajstić information content (AvgIpc) is 2.31. The first-order chi connectivity index (χ1) is 10.2. The van der Waals surface area contributed by atoms with E-state index in [2.05, 4.69) is 111 Å². The van der Waals surface area contributed by atoms with Crippen LogP contribution in [0.2, 0.25) is 39.3 Å². The van der Waals surface area contributed by atoms with Gasteiger partial charge in [0.2, 0.25) is 0 Å². The van der Waals surface area contributed by atoms with E-state index < -0.39 is 16.1 Å². The quantitative estimate of drug-likeness (QED) is 0.356. The lowest BCUT2D eigenvalue weighted by molar-refractivity contribution is 0.589. The van der Waals surface area contributed by atoms with Gasteiger partial charge in [-0.25, -0.2) is 0 Å². The summed E-state index contributed by atoms with van der Waals surface area (Å²) in [7, 11) is -2.84. The Bertz CT molecular complexity index is 703. The van der Waals surface area contributed by atoms with Crippen LogP contribution in [0.15, 0.2) is 16.6 Å². The highest BCUT2D eigenvalue weighted by atomic mass is 79.9. The molecule has 3 heteroatoms. The van der Waals surface area contributed by atoms with Crippen molar-refractivity contribution in [2.24, 2.45) is 0 Å².